The number of fused-ring (bicyclic) bond motifs is 1. The van der Waals surface area contributed by atoms with E-state index in [-0.39, 0.29) is 5.97 Å². The van der Waals surface area contributed by atoms with Crippen molar-refractivity contribution in [2.45, 2.75) is 18.9 Å². The van der Waals surface area contributed by atoms with E-state index in [1.807, 2.05) is 30.3 Å². The van der Waals surface area contributed by atoms with Gasteiger partial charge in [-0.15, -0.1) is 0 Å². The van der Waals surface area contributed by atoms with E-state index in [2.05, 4.69) is 42.5 Å². The van der Waals surface area contributed by atoms with Gasteiger partial charge in [0.1, 0.15) is 5.75 Å². The fourth-order valence-electron chi connectivity index (χ4n) is 3.35. The Bertz CT molecular complexity index is 914. The molecule has 1 heterocycles. The number of methoxy groups -OCH3 is 1. The van der Waals surface area contributed by atoms with Crippen LogP contribution in [0.4, 0.5) is 0 Å². The van der Waals surface area contributed by atoms with Crippen molar-refractivity contribution in [2.24, 2.45) is 0 Å². The molecule has 0 fully saturated rings. The predicted octanol–water partition coefficient (Wildman–Crippen LogP) is 4.89. The van der Waals surface area contributed by atoms with Crippen LogP contribution < -0.4 is 4.74 Å². The lowest BCUT2D eigenvalue weighted by molar-refractivity contribution is -0.149. The molecule has 1 atom stereocenters. The molecule has 0 aliphatic carbocycles. The quantitative estimate of drug-likeness (QED) is 0.635. The molecule has 3 aromatic carbocycles. The molecule has 130 valence electrons. The molecule has 26 heavy (non-hydrogen) atoms. The summed E-state index contributed by atoms with van der Waals surface area (Å²) in [5.74, 6) is 0.465. The largest absolute Gasteiger partial charge is 0.478 e. The molecule has 4 rings (SSSR count). The molecule has 0 radical (unpaired) electrons. The number of benzene rings is 3. The zero-order chi connectivity index (χ0) is 17.9. The minimum Gasteiger partial charge on any atom is -0.478 e. The number of esters is 1. The number of aryl methyl sites for hydroxylation is 1. The summed E-state index contributed by atoms with van der Waals surface area (Å²) in [4.78, 5) is 11.7. The van der Waals surface area contributed by atoms with Gasteiger partial charge in [0.15, 0.2) is 6.10 Å². The van der Waals surface area contributed by atoms with Crippen molar-refractivity contribution in [1.29, 1.82) is 0 Å². The summed E-state index contributed by atoms with van der Waals surface area (Å²) in [7, 11) is 1.39. The van der Waals surface area contributed by atoms with Gasteiger partial charge in [0, 0.05) is 0 Å². The average Bonchev–Trinajstić information content (AvgIpc) is 2.73. The summed E-state index contributed by atoms with van der Waals surface area (Å²) < 4.78 is 10.6. The van der Waals surface area contributed by atoms with Gasteiger partial charge in [-0.05, 0) is 52.8 Å². The van der Waals surface area contributed by atoms with Gasteiger partial charge in [0.25, 0.3) is 0 Å². The highest BCUT2D eigenvalue weighted by atomic mass is 16.6. The minimum atomic E-state index is -0.497. The third-order valence-corrected chi connectivity index (χ3v) is 4.80. The van der Waals surface area contributed by atoms with E-state index in [0.29, 0.717) is 6.42 Å². The standard InChI is InChI=1S/C23H20O3/c1-25-23(24)22-14-12-20-15-19(11-13-21(20)26-22)18-9-7-17(8-10-18)16-5-3-2-4-6-16/h2-11,13,15,22H,12,14H2,1H3. The van der Waals surface area contributed by atoms with E-state index in [4.69, 9.17) is 9.47 Å². The Morgan fingerprint density at radius 3 is 2.19 bits per heavy atom. The van der Waals surface area contributed by atoms with Crippen LogP contribution in [-0.2, 0) is 16.0 Å². The lowest BCUT2D eigenvalue weighted by Crippen LogP contribution is -2.32. The van der Waals surface area contributed by atoms with E-state index in [1.165, 1.54) is 23.8 Å². The van der Waals surface area contributed by atoms with E-state index >= 15 is 0 Å². The SMILES string of the molecule is COC(=O)C1CCc2cc(-c3ccc(-c4ccccc4)cc3)ccc2O1. The van der Waals surface area contributed by atoms with Crippen LogP contribution in [0.15, 0.2) is 72.8 Å². The Kier molecular flexibility index (Phi) is 4.44. The maximum Gasteiger partial charge on any atom is 0.347 e. The highest BCUT2D eigenvalue weighted by Crippen LogP contribution is 2.33. The van der Waals surface area contributed by atoms with Crippen molar-refractivity contribution >= 4 is 5.97 Å². The number of rotatable bonds is 3. The van der Waals surface area contributed by atoms with Gasteiger partial charge in [0.05, 0.1) is 7.11 Å². The lowest BCUT2D eigenvalue weighted by Gasteiger charge is -2.24. The third-order valence-electron chi connectivity index (χ3n) is 4.80. The van der Waals surface area contributed by atoms with Crippen LogP contribution in [0.3, 0.4) is 0 Å². The van der Waals surface area contributed by atoms with Crippen molar-refractivity contribution < 1.29 is 14.3 Å². The molecule has 1 aliphatic rings. The van der Waals surface area contributed by atoms with Gasteiger partial charge in [-0.3, -0.25) is 0 Å². The van der Waals surface area contributed by atoms with Crippen molar-refractivity contribution in [2.75, 3.05) is 7.11 Å². The smallest absolute Gasteiger partial charge is 0.347 e. The van der Waals surface area contributed by atoms with E-state index in [9.17, 15) is 4.79 Å². The molecule has 0 bridgehead atoms. The topological polar surface area (TPSA) is 35.5 Å². The Labute approximate surface area is 153 Å². The van der Waals surface area contributed by atoms with Crippen LogP contribution in [0, 0.1) is 0 Å². The first-order valence-corrected chi connectivity index (χ1v) is 8.78. The zero-order valence-corrected chi connectivity index (χ0v) is 14.6. The maximum absolute atomic E-state index is 11.7. The summed E-state index contributed by atoms with van der Waals surface area (Å²) >= 11 is 0. The summed E-state index contributed by atoms with van der Waals surface area (Å²) in [5.41, 5.74) is 5.88. The minimum absolute atomic E-state index is 0.309. The molecule has 3 heteroatoms. The van der Waals surface area contributed by atoms with Crippen molar-refractivity contribution in [3.8, 4) is 28.0 Å². The molecule has 0 N–H and O–H groups in total. The first kappa shape index (κ1) is 16.4. The molecule has 0 spiro atoms. The monoisotopic (exact) mass is 344 g/mol. The Morgan fingerprint density at radius 2 is 1.50 bits per heavy atom. The second kappa shape index (κ2) is 7.04. The molecule has 3 aromatic rings. The molecular formula is C23H20O3. The maximum atomic E-state index is 11.7. The summed E-state index contributed by atoms with van der Waals surface area (Å²) in [6, 6.07) is 25.1. The van der Waals surface area contributed by atoms with Gasteiger partial charge in [-0.2, -0.15) is 0 Å². The molecule has 0 saturated heterocycles. The van der Waals surface area contributed by atoms with Crippen LogP contribution in [-0.4, -0.2) is 19.2 Å². The highest BCUT2D eigenvalue weighted by Gasteiger charge is 2.26. The zero-order valence-electron chi connectivity index (χ0n) is 14.6. The summed E-state index contributed by atoms with van der Waals surface area (Å²) in [6.07, 6.45) is 0.963. The summed E-state index contributed by atoms with van der Waals surface area (Å²) in [5, 5.41) is 0. The van der Waals surface area contributed by atoms with Crippen LogP contribution in [0.2, 0.25) is 0 Å². The average molecular weight is 344 g/mol. The van der Waals surface area contributed by atoms with E-state index in [1.54, 1.807) is 0 Å². The van der Waals surface area contributed by atoms with E-state index < -0.39 is 6.10 Å². The molecule has 3 nitrogen and oxygen atoms in total. The second-order valence-corrected chi connectivity index (χ2v) is 6.43. The number of hydrogen-bond donors (Lipinski definition) is 0. The number of hydrogen-bond acceptors (Lipinski definition) is 3. The molecule has 0 amide bonds. The number of carbonyl (C=O) groups excluding carboxylic acids is 1. The van der Waals surface area contributed by atoms with Gasteiger partial charge in [-0.25, -0.2) is 4.79 Å². The van der Waals surface area contributed by atoms with Crippen molar-refractivity contribution in [3.63, 3.8) is 0 Å². The van der Waals surface area contributed by atoms with Crippen LogP contribution in [0.5, 0.6) is 5.75 Å². The van der Waals surface area contributed by atoms with E-state index in [0.717, 1.165) is 23.3 Å². The Hall–Kier alpha value is -3.07. The van der Waals surface area contributed by atoms with Gasteiger partial charge < -0.3 is 9.47 Å². The van der Waals surface area contributed by atoms with Gasteiger partial charge in [0.2, 0.25) is 0 Å². The number of ether oxygens (including phenoxy) is 2. The first-order valence-electron chi connectivity index (χ1n) is 8.78. The second-order valence-electron chi connectivity index (χ2n) is 6.43. The normalized spacial score (nSPS) is 15.7. The molecule has 1 unspecified atom stereocenters. The fourth-order valence-corrected chi connectivity index (χ4v) is 3.35. The van der Waals surface area contributed by atoms with Gasteiger partial charge in [-0.1, -0.05) is 60.7 Å². The van der Waals surface area contributed by atoms with Crippen LogP contribution >= 0.6 is 0 Å². The Balaban J connectivity index is 1.57. The molecular weight excluding hydrogens is 324 g/mol. The Morgan fingerprint density at radius 1 is 0.885 bits per heavy atom. The highest BCUT2D eigenvalue weighted by molar-refractivity contribution is 5.76. The predicted molar refractivity (Wildman–Crippen MR) is 102 cm³/mol. The molecule has 1 aliphatic heterocycles. The molecule has 0 aromatic heterocycles. The summed E-state index contributed by atoms with van der Waals surface area (Å²) in [6.45, 7) is 0. The fraction of sp³-hybridized carbons (Fsp3) is 0.174. The third kappa shape index (κ3) is 3.21. The lowest BCUT2D eigenvalue weighted by atomic mass is 9.96. The van der Waals surface area contributed by atoms with Crippen LogP contribution in [0.1, 0.15) is 12.0 Å². The van der Waals surface area contributed by atoms with Crippen molar-refractivity contribution in [3.05, 3.63) is 78.4 Å². The molecule has 0 saturated carbocycles. The first-order chi connectivity index (χ1) is 12.7. The van der Waals surface area contributed by atoms with Gasteiger partial charge >= 0.3 is 5.97 Å². The van der Waals surface area contributed by atoms with Crippen molar-refractivity contribution in [1.82, 2.24) is 0 Å². The number of carbonyl (C=O) groups is 1. The van der Waals surface area contributed by atoms with Crippen LogP contribution in [0.25, 0.3) is 22.3 Å².